The van der Waals surface area contributed by atoms with Gasteiger partial charge in [-0.05, 0) is 57.6 Å². The average molecular weight is 304 g/mol. The molecule has 0 bridgehead atoms. The van der Waals surface area contributed by atoms with Crippen LogP contribution in [0.5, 0.6) is 0 Å². The molecule has 0 aliphatic heterocycles. The molecule has 0 amide bonds. The predicted octanol–water partition coefficient (Wildman–Crippen LogP) is 5.43. The Bertz CT molecular complexity index is 535. The van der Waals surface area contributed by atoms with E-state index in [4.69, 9.17) is 0 Å². The number of hydrogen-bond donors (Lipinski definition) is 0. The summed E-state index contributed by atoms with van der Waals surface area (Å²) in [6.45, 7) is 8.05. The van der Waals surface area contributed by atoms with Gasteiger partial charge in [0, 0.05) is 12.0 Å². The minimum Gasteiger partial charge on any atom is -0.294 e. The van der Waals surface area contributed by atoms with Gasteiger partial charge in [0.15, 0.2) is 14.2 Å². The summed E-state index contributed by atoms with van der Waals surface area (Å²) in [7, 11) is 0.115. The molecule has 0 aromatic heterocycles. The molecule has 0 radical (unpaired) electrons. The summed E-state index contributed by atoms with van der Waals surface area (Å²) in [4.78, 5) is 12.8. The molecule has 1 aliphatic rings. The summed E-state index contributed by atoms with van der Waals surface area (Å²) in [5.74, 6) is 0.550. The summed E-state index contributed by atoms with van der Waals surface area (Å²) < 4.78 is 11.7. The van der Waals surface area contributed by atoms with Crippen molar-refractivity contribution >= 4 is 14.2 Å². The van der Waals surface area contributed by atoms with E-state index in [1.165, 1.54) is 18.4 Å². The minimum absolute atomic E-state index is 0.115. The molecule has 0 heterocycles. The van der Waals surface area contributed by atoms with E-state index in [2.05, 4.69) is 12.1 Å². The van der Waals surface area contributed by atoms with Gasteiger partial charge in [0.2, 0.25) is 0 Å². The Hall–Kier alpha value is -1.01. The third-order valence-electron chi connectivity index (χ3n) is 4.92. The molecule has 0 spiro atoms. The third kappa shape index (κ3) is 3.43. The maximum atomic E-state index is 12.8. The monoisotopic (exact) mass is 304 g/mol. The standard InChI is InChI=1S/C18H25O2P/c1-12-9-13(2)17(14(3)10-12)16(19)11-18(4,21-20)15-7-5-6-8-15/h9-10,15H,5-8,11H2,1-4H3. The van der Waals surface area contributed by atoms with Crippen molar-refractivity contribution in [3.05, 3.63) is 34.4 Å². The van der Waals surface area contributed by atoms with Crippen LogP contribution in [0, 0.1) is 26.7 Å². The van der Waals surface area contributed by atoms with Gasteiger partial charge >= 0.3 is 0 Å². The van der Waals surface area contributed by atoms with E-state index in [1.54, 1.807) is 0 Å². The number of carbonyl (C=O) groups is 1. The van der Waals surface area contributed by atoms with E-state index in [0.29, 0.717) is 12.3 Å². The summed E-state index contributed by atoms with van der Waals surface area (Å²) in [6.07, 6.45) is 4.99. The van der Waals surface area contributed by atoms with Gasteiger partial charge in [-0.3, -0.25) is 9.36 Å². The molecular weight excluding hydrogens is 279 g/mol. The SMILES string of the molecule is Cc1cc(C)c(C(=O)CC(C)(P=O)C2CCCC2)c(C)c1. The quantitative estimate of drug-likeness (QED) is 0.537. The molecule has 1 saturated carbocycles. The molecule has 2 rings (SSSR count). The number of benzene rings is 1. The Kier molecular flexibility index (Phi) is 4.99. The number of ketones is 1. The second kappa shape index (κ2) is 6.40. The first-order chi connectivity index (χ1) is 9.87. The smallest absolute Gasteiger partial charge is 0.164 e. The highest BCUT2D eigenvalue weighted by molar-refractivity contribution is 7.26. The summed E-state index contributed by atoms with van der Waals surface area (Å²) in [5, 5.41) is -0.405. The number of Topliss-reactive ketones (excluding diaryl/α,β-unsaturated/α-hetero) is 1. The lowest BCUT2D eigenvalue weighted by atomic mass is 9.84. The van der Waals surface area contributed by atoms with Gasteiger partial charge in [0.1, 0.15) is 0 Å². The van der Waals surface area contributed by atoms with E-state index in [9.17, 15) is 9.36 Å². The highest BCUT2D eigenvalue weighted by Gasteiger charge is 2.39. The Morgan fingerprint density at radius 1 is 1.19 bits per heavy atom. The van der Waals surface area contributed by atoms with Crippen LogP contribution in [0.4, 0.5) is 0 Å². The normalized spacial score (nSPS) is 18.9. The lowest BCUT2D eigenvalue weighted by Gasteiger charge is -2.28. The van der Waals surface area contributed by atoms with E-state index in [0.717, 1.165) is 29.5 Å². The number of hydrogen-bond acceptors (Lipinski definition) is 2. The maximum Gasteiger partial charge on any atom is 0.164 e. The van der Waals surface area contributed by atoms with E-state index in [1.807, 2.05) is 27.7 Å². The van der Waals surface area contributed by atoms with Crippen LogP contribution in [0.25, 0.3) is 0 Å². The topological polar surface area (TPSA) is 34.1 Å². The van der Waals surface area contributed by atoms with Crippen molar-refractivity contribution in [2.24, 2.45) is 5.92 Å². The van der Waals surface area contributed by atoms with Gasteiger partial charge in [-0.15, -0.1) is 0 Å². The van der Waals surface area contributed by atoms with Crippen LogP contribution >= 0.6 is 8.46 Å². The second-order valence-corrected chi connectivity index (χ2v) is 8.01. The molecule has 2 nitrogen and oxygen atoms in total. The fourth-order valence-corrected chi connectivity index (χ4v) is 4.45. The first-order valence-corrected chi connectivity index (χ1v) is 8.64. The number of aryl methyl sites for hydroxylation is 3. The first-order valence-electron chi connectivity index (χ1n) is 7.83. The molecule has 1 unspecified atom stereocenters. The molecule has 0 N–H and O–H groups in total. The molecule has 1 aromatic carbocycles. The Labute approximate surface area is 129 Å². The molecular formula is C18H25O2P. The second-order valence-electron chi connectivity index (χ2n) is 6.80. The van der Waals surface area contributed by atoms with Crippen molar-refractivity contribution in [3.8, 4) is 0 Å². The van der Waals surface area contributed by atoms with Gasteiger partial charge in [-0.1, -0.05) is 30.5 Å². The van der Waals surface area contributed by atoms with Crippen LogP contribution < -0.4 is 0 Å². The van der Waals surface area contributed by atoms with Crippen LogP contribution in [0.3, 0.4) is 0 Å². The Balaban J connectivity index is 2.26. The number of rotatable bonds is 5. The van der Waals surface area contributed by atoms with Crippen LogP contribution in [0.1, 0.15) is 66.1 Å². The summed E-state index contributed by atoms with van der Waals surface area (Å²) >= 11 is 0. The first kappa shape index (κ1) is 16.4. The van der Waals surface area contributed by atoms with Crippen molar-refractivity contribution in [1.29, 1.82) is 0 Å². The van der Waals surface area contributed by atoms with Gasteiger partial charge in [-0.2, -0.15) is 0 Å². The highest BCUT2D eigenvalue weighted by Crippen LogP contribution is 2.44. The van der Waals surface area contributed by atoms with Crippen LogP contribution in [0.15, 0.2) is 12.1 Å². The zero-order chi connectivity index (χ0) is 15.6. The molecule has 114 valence electrons. The molecule has 1 atom stereocenters. The fourth-order valence-electron chi connectivity index (χ4n) is 3.83. The zero-order valence-electron chi connectivity index (χ0n) is 13.5. The molecule has 1 aliphatic carbocycles. The van der Waals surface area contributed by atoms with E-state index < -0.39 is 5.16 Å². The van der Waals surface area contributed by atoms with Crippen molar-refractivity contribution in [2.75, 3.05) is 0 Å². The van der Waals surface area contributed by atoms with Gasteiger partial charge in [-0.25, -0.2) is 0 Å². The van der Waals surface area contributed by atoms with Gasteiger partial charge < -0.3 is 0 Å². The maximum absolute atomic E-state index is 12.8. The van der Waals surface area contributed by atoms with Crippen molar-refractivity contribution in [3.63, 3.8) is 0 Å². The zero-order valence-corrected chi connectivity index (χ0v) is 14.4. The lowest BCUT2D eigenvalue weighted by molar-refractivity contribution is 0.0957. The molecule has 1 fully saturated rings. The van der Waals surface area contributed by atoms with Crippen molar-refractivity contribution in [1.82, 2.24) is 0 Å². The number of carbonyl (C=O) groups excluding carboxylic acids is 1. The van der Waals surface area contributed by atoms with Gasteiger partial charge in [0.25, 0.3) is 0 Å². The Morgan fingerprint density at radius 2 is 1.71 bits per heavy atom. The molecule has 21 heavy (non-hydrogen) atoms. The largest absolute Gasteiger partial charge is 0.294 e. The highest BCUT2D eigenvalue weighted by atomic mass is 31.1. The Morgan fingerprint density at radius 3 is 2.19 bits per heavy atom. The van der Waals surface area contributed by atoms with Crippen LogP contribution in [-0.2, 0) is 4.57 Å². The minimum atomic E-state index is -0.405. The molecule has 3 heteroatoms. The average Bonchev–Trinajstić information content (AvgIpc) is 2.91. The fraction of sp³-hybridized carbons (Fsp3) is 0.611. The van der Waals surface area contributed by atoms with E-state index >= 15 is 0 Å². The van der Waals surface area contributed by atoms with Crippen LogP contribution in [-0.4, -0.2) is 10.9 Å². The van der Waals surface area contributed by atoms with Gasteiger partial charge in [0.05, 0.1) is 5.16 Å². The predicted molar refractivity (Wildman–Crippen MR) is 87.6 cm³/mol. The lowest BCUT2D eigenvalue weighted by Crippen LogP contribution is -2.30. The molecule has 1 aromatic rings. The van der Waals surface area contributed by atoms with E-state index in [-0.39, 0.29) is 14.2 Å². The van der Waals surface area contributed by atoms with Crippen molar-refractivity contribution < 1.29 is 9.36 Å². The molecule has 0 saturated heterocycles. The summed E-state index contributed by atoms with van der Waals surface area (Å²) in [6, 6.07) is 4.12. The van der Waals surface area contributed by atoms with Crippen LogP contribution in [0.2, 0.25) is 0 Å². The summed E-state index contributed by atoms with van der Waals surface area (Å²) in [5.41, 5.74) is 4.08. The van der Waals surface area contributed by atoms with Crippen molar-refractivity contribution in [2.45, 2.75) is 65.0 Å². The third-order valence-corrected chi connectivity index (χ3v) is 5.86.